The van der Waals surface area contributed by atoms with Crippen LogP contribution in [0.2, 0.25) is 0 Å². The lowest BCUT2D eigenvalue weighted by Crippen LogP contribution is -2.50. The van der Waals surface area contributed by atoms with Crippen LogP contribution in [-0.2, 0) is 4.79 Å². The highest BCUT2D eigenvalue weighted by molar-refractivity contribution is 7.18. The molecule has 11 heteroatoms. The van der Waals surface area contributed by atoms with Gasteiger partial charge in [-0.2, -0.15) is 10.4 Å². The van der Waals surface area contributed by atoms with E-state index in [9.17, 15) is 10.1 Å². The molecule has 6 rings (SSSR count). The topological polar surface area (TPSA) is 124 Å². The van der Waals surface area contributed by atoms with Gasteiger partial charge in [-0.3, -0.25) is 9.78 Å². The van der Waals surface area contributed by atoms with Crippen LogP contribution in [0.5, 0.6) is 0 Å². The van der Waals surface area contributed by atoms with Crippen LogP contribution in [0.25, 0.3) is 27.5 Å². The Labute approximate surface area is 224 Å². The van der Waals surface area contributed by atoms with Crippen molar-refractivity contribution < 1.29 is 4.79 Å². The van der Waals surface area contributed by atoms with Gasteiger partial charge in [-0.1, -0.05) is 11.3 Å². The number of nitrogens with one attached hydrogen (secondary N) is 2. The lowest BCUT2D eigenvalue weighted by Gasteiger charge is -2.38. The van der Waals surface area contributed by atoms with Gasteiger partial charge in [-0.15, -0.1) is 10.2 Å². The molecular weight excluding hydrogens is 498 g/mol. The Hall–Kier alpha value is -4.04. The highest BCUT2D eigenvalue weighted by Gasteiger charge is 2.42. The monoisotopic (exact) mass is 527 g/mol. The molecule has 0 unspecified atom stereocenters. The molecule has 194 valence electrons. The van der Waals surface area contributed by atoms with Crippen LogP contribution in [0.3, 0.4) is 0 Å². The first-order valence-electron chi connectivity index (χ1n) is 12.9. The molecule has 0 aromatic carbocycles. The minimum absolute atomic E-state index is 0.0398. The van der Waals surface area contributed by atoms with E-state index in [4.69, 9.17) is 4.98 Å². The molecule has 0 spiro atoms. The van der Waals surface area contributed by atoms with Crippen LogP contribution in [0, 0.1) is 11.3 Å². The third-order valence-electron chi connectivity index (χ3n) is 7.25. The summed E-state index contributed by atoms with van der Waals surface area (Å²) >= 11 is 1.59. The van der Waals surface area contributed by atoms with E-state index in [0.29, 0.717) is 17.6 Å². The van der Waals surface area contributed by atoms with Gasteiger partial charge in [0.1, 0.15) is 6.07 Å². The van der Waals surface area contributed by atoms with Crippen molar-refractivity contribution in [1.29, 1.82) is 5.26 Å². The number of carbonyl (C=O) groups is 1. The Balaban J connectivity index is 1.31. The maximum absolute atomic E-state index is 11.6. The number of hydrogen-bond acceptors (Lipinski definition) is 9. The van der Waals surface area contributed by atoms with Crippen molar-refractivity contribution in [3.63, 3.8) is 0 Å². The third-order valence-corrected chi connectivity index (χ3v) is 8.22. The molecule has 2 aliphatic heterocycles. The fraction of sp³-hybridized carbons (Fsp3) is 0.407. The average molecular weight is 528 g/mol. The number of rotatable bonds is 6. The van der Waals surface area contributed by atoms with Crippen molar-refractivity contribution in [3.8, 4) is 28.0 Å². The molecule has 4 aromatic heterocycles. The van der Waals surface area contributed by atoms with Gasteiger partial charge >= 0.3 is 0 Å². The van der Waals surface area contributed by atoms with Crippen molar-refractivity contribution in [3.05, 3.63) is 42.2 Å². The van der Waals surface area contributed by atoms with Gasteiger partial charge in [-0.25, -0.2) is 4.52 Å². The number of nitriles is 1. The number of piperidine rings is 1. The SMILES string of the molecule is CC(=O)N[C@H]1C[C@H]2CC[C@@H](C1)N2c1nnc(-c2cnc(-c3ccc4cc(C#N)cnn34)cc2NC(C)C)s1. The van der Waals surface area contributed by atoms with Gasteiger partial charge in [0.2, 0.25) is 11.0 Å². The summed E-state index contributed by atoms with van der Waals surface area (Å²) in [6.07, 6.45) is 7.52. The highest BCUT2D eigenvalue weighted by atomic mass is 32.1. The lowest BCUT2D eigenvalue weighted by atomic mass is 9.98. The summed E-state index contributed by atoms with van der Waals surface area (Å²) in [5, 5.41) is 31.2. The molecule has 0 saturated carbocycles. The second-order valence-corrected chi connectivity index (χ2v) is 11.3. The van der Waals surface area contributed by atoms with Crippen LogP contribution in [0.4, 0.5) is 10.8 Å². The van der Waals surface area contributed by atoms with Crippen molar-refractivity contribution in [2.45, 2.75) is 70.6 Å². The second-order valence-electron chi connectivity index (χ2n) is 10.4. The Morgan fingerprint density at radius 1 is 1.16 bits per heavy atom. The summed E-state index contributed by atoms with van der Waals surface area (Å²) in [6, 6.07) is 11.1. The maximum atomic E-state index is 11.6. The molecule has 2 aliphatic rings. The molecule has 2 fully saturated rings. The standard InChI is InChI=1S/C27H29N9OS/c1-15(2)31-23-11-24(25-7-6-21-8-17(12-28)13-30-36(21)25)29-14-22(23)26-33-34-27(38-26)35-19-4-5-20(35)10-18(9-19)32-16(3)37/h6-8,11,13-15,18-20H,4-5,9-10H2,1-3H3,(H,29,31)(H,32,37)/t18-,19+,20-. The summed E-state index contributed by atoms with van der Waals surface area (Å²) < 4.78 is 1.80. The number of pyridine rings is 1. The fourth-order valence-electron chi connectivity index (χ4n) is 5.77. The summed E-state index contributed by atoms with van der Waals surface area (Å²) in [6.45, 7) is 5.79. The highest BCUT2D eigenvalue weighted by Crippen LogP contribution is 2.43. The summed E-state index contributed by atoms with van der Waals surface area (Å²) in [4.78, 5) is 18.8. The minimum Gasteiger partial charge on any atom is -0.382 e. The molecule has 6 heterocycles. The predicted octanol–water partition coefficient (Wildman–Crippen LogP) is 4.24. The van der Waals surface area contributed by atoms with Crippen LogP contribution < -0.4 is 15.5 Å². The number of hydrogen-bond donors (Lipinski definition) is 2. The van der Waals surface area contributed by atoms with Crippen LogP contribution in [0.1, 0.15) is 52.0 Å². The van der Waals surface area contributed by atoms with Gasteiger partial charge in [0.15, 0.2) is 5.01 Å². The first kappa shape index (κ1) is 24.3. The first-order chi connectivity index (χ1) is 18.4. The number of amides is 1. The Bertz CT molecular complexity index is 1540. The van der Waals surface area contributed by atoms with Crippen LogP contribution in [0.15, 0.2) is 36.7 Å². The van der Waals surface area contributed by atoms with E-state index in [0.717, 1.165) is 64.0 Å². The van der Waals surface area contributed by atoms with Gasteiger partial charge in [-0.05, 0) is 63.8 Å². The molecule has 2 N–H and O–H groups in total. The van der Waals surface area contributed by atoms with Gasteiger partial charge in [0.25, 0.3) is 0 Å². The molecule has 10 nitrogen and oxygen atoms in total. The van der Waals surface area contributed by atoms with Crippen molar-refractivity contribution in [2.24, 2.45) is 0 Å². The van der Waals surface area contributed by atoms with Crippen LogP contribution in [-0.4, -0.2) is 54.9 Å². The second kappa shape index (κ2) is 9.68. The molecule has 1 amide bonds. The van der Waals surface area contributed by atoms with E-state index in [1.165, 1.54) is 0 Å². The zero-order chi connectivity index (χ0) is 26.4. The third kappa shape index (κ3) is 4.45. The number of nitrogens with zero attached hydrogens (tertiary/aromatic N) is 7. The normalized spacial score (nSPS) is 20.6. The zero-order valence-electron chi connectivity index (χ0n) is 21.5. The molecule has 0 radical (unpaired) electrons. The Kier molecular flexibility index (Phi) is 6.19. The van der Waals surface area contributed by atoms with E-state index >= 15 is 0 Å². The predicted molar refractivity (Wildman–Crippen MR) is 147 cm³/mol. The fourth-order valence-corrected chi connectivity index (χ4v) is 6.79. The van der Waals surface area contributed by atoms with Crippen molar-refractivity contribution >= 4 is 33.6 Å². The van der Waals surface area contributed by atoms with Gasteiger partial charge in [0, 0.05) is 43.0 Å². The van der Waals surface area contributed by atoms with E-state index < -0.39 is 0 Å². The zero-order valence-corrected chi connectivity index (χ0v) is 22.4. The van der Waals surface area contributed by atoms with E-state index in [1.54, 1.807) is 29.0 Å². The summed E-state index contributed by atoms with van der Waals surface area (Å²) in [5.41, 5.74) is 4.83. The molecule has 2 bridgehead atoms. The van der Waals surface area contributed by atoms with Gasteiger partial charge in [0.05, 0.1) is 34.2 Å². The molecule has 3 atom stereocenters. The lowest BCUT2D eigenvalue weighted by molar-refractivity contribution is -0.119. The van der Waals surface area contributed by atoms with E-state index in [2.05, 4.69) is 50.7 Å². The van der Waals surface area contributed by atoms with Crippen molar-refractivity contribution in [2.75, 3.05) is 10.2 Å². The molecule has 2 saturated heterocycles. The Morgan fingerprint density at radius 2 is 1.95 bits per heavy atom. The van der Waals surface area contributed by atoms with Crippen LogP contribution >= 0.6 is 11.3 Å². The largest absolute Gasteiger partial charge is 0.382 e. The average Bonchev–Trinajstić information content (AvgIpc) is 3.59. The smallest absolute Gasteiger partial charge is 0.217 e. The quantitative estimate of drug-likeness (QED) is 0.382. The van der Waals surface area contributed by atoms with E-state index in [-0.39, 0.29) is 18.0 Å². The molecule has 4 aromatic rings. The molecular formula is C27H29N9OS. The molecule has 0 aliphatic carbocycles. The number of anilines is 2. The number of aromatic nitrogens is 5. The number of carbonyl (C=O) groups excluding carboxylic acids is 1. The maximum Gasteiger partial charge on any atom is 0.217 e. The first-order valence-corrected chi connectivity index (χ1v) is 13.8. The Morgan fingerprint density at radius 3 is 2.66 bits per heavy atom. The van der Waals surface area contributed by atoms with Crippen molar-refractivity contribution in [1.82, 2.24) is 30.1 Å². The minimum atomic E-state index is 0.0398. The summed E-state index contributed by atoms with van der Waals surface area (Å²) in [7, 11) is 0. The molecule has 38 heavy (non-hydrogen) atoms. The number of fused-ring (bicyclic) bond motifs is 3. The van der Waals surface area contributed by atoms with E-state index in [1.807, 2.05) is 30.5 Å². The van der Waals surface area contributed by atoms with Gasteiger partial charge < -0.3 is 15.5 Å². The summed E-state index contributed by atoms with van der Waals surface area (Å²) in [5.74, 6) is 0.0398.